The highest BCUT2D eigenvalue weighted by molar-refractivity contribution is 5.93. The maximum atomic E-state index is 11.9. The number of aryl methyl sites for hydroxylation is 1. The van der Waals surface area contributed by atoms with Crippen LogP contribution in [0, 0.1) is 11.8 Å². The third-order valence-electron chi connectivity index (χ3n) is 3.57. The fraction of sp³-hybridized carbons (Fsp3) is 0.545. The van der Waals surface area contributed by atoms with Gasteiger partial charge in [-0.05, 0) is 24.0 Å². The van der Waals surface area contributed by atoms with Gasteiger partial charge in [0.2, 0.25) is 0 Å². The zero-order chi connectivity index (χ0) is 10.4. The number of nitrogens with zero attached hydrogens (tertiary/aromatic N) is 1. The van der Waals surface area contributed by atoms with E-state index in [-0.39, 0.29) is 5.91 Å². The van der Waals surface area contributed by atoms with Gasteiger partial charge in [-0.25, -0.2) is 0 Å². The van der Waals surface area contributed by atoms with Crippen LogP contribution in [0.5, 0.6) is 0 Å². The molecule has 1 amide bonds. The number of aromatic nitrogens is 1. The van der Waals surface area contributed by atoms with Gasteiger partial charge in [0.05, 0.1) is 0 Å². The van der Waals surface area contributed by atoms with Crippen molar-refractivity contribution in [3.63, 3.8) is 0 Å². The van der Waals surface area contributed by atoms with Crippen LogP contribution >= 0.6 is 0 Å². The Balaban J connectivity index is 1.65. The maximum Gasteiger partial charge on any atom is 0.268 e. The second kappa shape index (κ2) is 3.10. The van der Waals surface area contributed by atoms with Gasteiger partial charge in [0.1, 0.15) is 5.69 Å². The summed E-state index contributed by atoms with van der Waals surface area (Å²) in [6, 6.07) is 4.16. The Bertz CT molecular complexity index is 388. The maximum absolute atomic E-state index is 11.9. The molecule has 1 saturated carbocycles. The molecule has 2 heterocycles. The zero-order valence-electron chi connectivity index (χ0n) is 8.73. The Morgan fingerprint density at radius 2 is 2.27 bits per heavy atom. The minimum Gasteiger partial charge on any atom is -0.347 e. The highest BCUT2D eigenvalue weighted by Gasteiger charge is 2.53. The summed E-state index contributed by atoms with van der Waals surface area (Å²) < 4.78 is 1.85. The number of carbonyl (C=O) groups excluding carboxylic acids is 1. The van der Waals surface area contributed by atoms with Gasteiger partial charge in [0.15, 0.2) is 0 Å². The molecule has 2 fully saturated rings. The lowest BCUT2D eigenvalue weighted by Gasteiger charge is -2.08. The monoisotopic (exact) mass is 205 g/mol. The van der Waals surface area contributed by atoms with Crippen LogP contribution < -0.4 is 10.6 Å². The first kappa shape index (κ1) is 8.97. The van der Waals surface area contributed by atoms with Crippen LogP contribution in [0.3, 0.4) is 0 Å². The standard InChI is InChI=1S/C11H15N3O/c1-14-4-2-3-9(14)11(15)13-10-7-5-12-6-8(7)10/h2-4,7-8,10,12H,5-6H2,1H3,(H,13,15). The molecular weight excluding hydrogens is 190 g/mol. The summed E-state index contributed by atoms with van der Waals surface area (Å²) in [5, 5.41) is 6.41. The topological polar surface area (TPSA) is 46.1 Å². The van der Waals surface area contributed by atoms with Crippen molar-refractivity contribution in [3.05, 3.63) is 24.0 Å². The van der Waals surface area contributed by atoms with E-state index in [0.29, 0.717) is 17.9 Å². The van der Waals surface area contributed by atoms with Crippen molar-refractivity contribution in [1.29, 1.82) is 0 Å². The lowest BCUT2D eigenvalue weighted by atomic mass is 10.3. The first-order valence-electron chi connectivity index (χ1n) is 5.40. The largest absolute Gasteiger partial charge is 0.347 e. The first-order valence-corrected chi connectivity index (χ1v) is 5.40. The fourth-order valence-electron chi connectivity index (χ4n) is 2.55. The molecule has 4 heteroatoms. The summed E-state index contributed by atoms with van der Waals surface area (Å²) in [7, 11) is 1.89. The average Bonchev–Trinajstić information content (AvgIpc) is 2.66. The summed E-state index contributed by atoms with van der Waals surface area (Å²) in [5.74, 6) is 1.41. The molecule has 0 radical (unpaired) electrons. The molecule has 15 heavy (non-hydrogen) atoms. The van der Waals surface area contributed by atoms with Gasteiger partial charge in [-0.15, -0.1) is 0 Å². The fourth-order valence-corrected chi connectivity index (χ4v) is 2.55. The quantitative estimate of drug-likeness (QED) is 0.712. The normalized spacial score (nSPS) is 32.5. The van der Waals surface area contributed by atoms with Crippen molar-refractivity contribution in [2.75, 3.05) is 13.1 Å². The van der Waals surface area contributed by atoms with Crippen LogP contribution in [0.2, 0.25) is 0 Å². The van der Waals surface area contributed by atoms with Crippen molar-refractivity contribution in [3.8, 4) is 0 Å². The van der Waals surface area contributed by atoms with E-state index in [0.717, 1.165) is 18.8 Å². The summed E-state index contributed by atoms with van der Waals surface area (Å²) >= 11 is 0. The van der Waals surface area contributed by atoms with Crippen LogP contribution in [0.1, 0.15) is 10.5 Å². The summed E-state index contributed by atoms with van der Waals surface area (Å²) in [6.07, 6.45) is 1.89. The Kier molecular flexibility index (Phi) is 1.85. The van der Waals surface area contributed by atoms with Gasteiger partial charge >= 0.3 is 0 Å². The van der Waals surface area contributed by atoms with Crippen molar-refractivity contribution < 1.29 is 4.79 Å². The molecule has 2 atom stereocenters. The van der Waals surface area contributed by atoms with Gasteiger partial charge < -0.3 is 15.2 Å². The Hall–Kier alpha value is -1.29. The predicted molar refractivity (Wildman–Crippen MR) is 56.5 cm³/mol. The minimum atomic E-state index is 0.0573. The van der Waals surface area contributed by atoms with Crippen LogP contribution in [0.25, 0.3) is 0 Å². The van der Waals surface area contributed by atoms with E-state index in [4.69, 9.17) is 0 Å². The predicted octanol–water partition coefficient (Wildman–Crippen LogP) is -0.0273. The molecule has 4 nitrogen and oxygen atoms in total. The Labute approximate surface area is 88.7 Å². The molecule has 1 aliphatic carbocycles. The van der Waals surface area contributed by atoms with E-state index in [1.807, 2.05) is 29.9 Å². The highest BCUT2D eigenvalue weighted by atomic mass is 16.2. The second-order valence-corrected chi connectivity index (χ2v) is 4.49. The zero-order valence-corrected chi connectivity index (χ0v) is 8.73. The molecule has 0 bridgehead atoms. The number of amides is 1. The summed E-state index contributed by atoms with van der Waals surface area (Å²) in [5.41, 5.74) is 0.743. The van der Waals surface area contributed by atoms with Gasteiger partial charge in [-0.1, -0.05) is 0 Å². The molecular formula is C11H15N3O. The molecule has 80 valence electrons. The smallest absolute Gasteiger partial charge is 0.268 e. The van der Waals surface area contributed by atoms with Crippen molar-refractivity contribution >= 4 is 5.91 Å². The number of fused-ring (bicyclic) bond motifs is 1. The van der Waals surface area contributed by atoms with Gasteiger partial charge in [-0.2, -0.15) is 0 Å². The van der Waals surface area contributed by atoms with E-state index < -0.39 is 0 Å². The number of piperidine rings is 1. The van der Waals surface area contributed by atoms with Crippen LogP contribution in [-0.2, 0) is 7.05 Å². The van der Waals surface area contributed by atoms with Gasteiger partial charge in [0, 0.05) is 32.4 Å². The number of hydrogen-bond acceptors (Lipinski definition) is 2. The number of nitrogens with one attached hydrogen (secondary N) is 2. The molecule has 2 aliphatic rings. The Morgan fingerprint density at radius 3 is 2.87 bits per heavy atom. The van der Waals surface area contributed by atoms with E-state index in [9.17, 15) is 4.79 Å². The third kappa shape index (κ3) is 1.36. The first-order chi connectivity index (χ1) is 7.27. The number of carbonyl (C=O) groups is 1. The molecule has 3 rings (SSSR count). The second-order valence-electron chi connectivity index (χ2n) is 4.49. The number of rotatable bonds is 2. The lowest BCUT2D eigenvalue weighted by molar-refractivity contribution is 0.0938. The molecule has 1 aromatic heterocycles. The molecule has 1 aromatic rings. The van der Waals surface area contributed by atoms with Crippen molar-refractivity contribution in [2.24, 2.45) is 18.9 Å². The average molecular weight is 205 g/mol. The van der Waals surface area contributed by atoms with Crippen LogP contribution in [-0.4, -0.2) is 29.6 Å². The third-order valence-corrected chi connectivity index (χ3v) is 3.57. The molecule has 2 unspecified atom stereocenters. The molecule has 0 spiro atoms. The van der Waals surface area contributed by atoms with Crippen LogP contribution in [0.15, 0.2) is 18.3 Å². The van der Waals surface area contributed by atoms with E-state index in [1.165, 1.54) is 0 Å². The summed E-state index contributed by atoms with van der Waals surface area (Å²) in [4.78, 5) is 11.9. The molecule has 0 aromatic carbocycles. The van der Waals surface area contributed by atoms with Gasteiger partial charge in [0.25, 0.3) is 5.91 Å². The SMILES string of the molecule is Cn1cccc1C(=O)NC1C2CNCC21. The molecule has 1 aliphatic heterocycles. The van der Waals surface area contributed by atoms with E-state index >= 15 is 0 Å². The summed E-state index contributed by atoms with van der Waals surface area (Å²) in [6.45, 7) is 2.12. The van der Waals surface area contributed by atoms with E-state index in [2.05, 4.69) is 10.6 Å². The van der Waals surface area contributed by atoms with Crippen molar-refractivity contribution in [2.45, 2.75) is 6.04 Å². The van der Waals surface area contributed by atoms with Crippen LogP contribution in [0.4, 0.5) is 0 Å². The van der Waals surface area contributed by atoms with Crippen molar-refractivity contribution in [1.82, 2.24) is 15.2 Å². The number of hydrogen-bond donors (Lipinski definition) is 2. The minimum absolute atomic E-state index is 0.0573. The highest BCUT2D eigenvalue weighted by Crippen LogP contribution is 2.41. The molecule has 1 saturated heterocycles. The van der Waals surface area contributed by atoms with E-state index in [1.54, 1.807) is 0 Å². The molecule has 2 N–H and O–H groups in total. The lowest BCUT2D eigenvalue weighted by Crippen LogP contribution is -2.33. The van der Waals surface area contributed by atoms with Gasteiger partial charge in [-0.3, -0.25) is 4.79 Å². The Morgan fingerprint density at radius 1 is 1.53 bits per heavy atom.